The second-order valence-corrected chi connectivity index (χ2v) is 8.06. The van der Waals surface area contributed by atoms with Crippen LogP contribution in [-0.4, -0.2) is 10.9 Å². The van der Waals surface area contributed by atoms with Crippen molar-refractivity contribution in [2.45, 2.75) is 40.3 Å². The lowest BCUT2D eigenvalue weighted by atomic mass is 10.1. The number of benzene rings is 2. The van der Waals surface area contributed by atoms with Crippen LogP contribution in [0.4, 0.5) is 10.8 Å². The van der Waals surface area contributed by atoms with Gasteiger partial charge in [0.1, 0.15) is 0 Å². The molecule has 0 aliphatic heterocycles. The van der Waals surface area contributed by atoms with E-state index in [9.17, 15) is 4.79 Å². The Labute approximate surface area is 175 Å². The van der Waals surface area contributed by atoms with E-state index < -0.39 is 0 Å². The van der Waals surface area contributed by atoms with Gasteiger partial charge in [-0.2, -0.15) is 0 Å². The van der Waals surface area contributed by atoms with Gasteiger partial charge >= 0.3 is 0 Å². The lowest BCUT2D eigenvalue weighted by Crippen LogP contribution is -2.24. The number of nitrogens with zero attached hydrogens (tertiary/aromatic N) is 2. The number of hydrogen-bond acceptors (Lipinski definition) is 4. The Kier molecular flexibility index (Phi) is 6.50. The molecule has 0 saturated carbocycles. The zero-order valence-corrected chi connectivity index (χ0v) is 18.1. The van der Waals surface area contributed by atoms with Gasteiger partial charge in [0.05, 0.1) is 11.4 Å². The van der Waals surface area contributed by atoms with Gasteiger partial charge in [0, 0.05) is 29.9 Å². The summed E-state index contributed by atoms with van der Waals surface area (Å²) in [5.41, 5.74) is 5.07. The van der Waals surface area contributed by atoms with Crippen LogP contribution in [0, 0.1) is 13.8 Å². The minimum atomic E-state index is -0.0491. The SMILES string of the molecule is CC(=O)N(c1nc(CN[C@H](C)c2ccccc2Cl)cs1)c1cccc(C)c1C. The first-order valence-corrected chi connectivity index (χ1v) is 10.4. The number of rotatable bonds is 6. The van der Waals surface area contributed by atoms with Crippen molar-refractivity contribution < 1.29 is 4.79 Å². The topological polar surface area (TPSA) is 45.2 Å². The summed E-state index contributed by atoms with van der Waals surface area (Å²) in [7, 11) is 0. The molecule has 0 spiro atoms. The molecule has 1 N–H and O–H groups in total. The fourth-order valence-corrected chi connectivity index (χ4v) is 4.24. The van der Waals surface area contributed by atoms with Crippen LogP contribution in [0.5, 0.6) is 0 Å². The average Bonchev–Trinajstić information content (AvgIpc) is 3.12. The number of aryl methyl sites for hydroxylation is 1. The van der Waals surface area contributed by atoms with Crippen LogP contribution < -0.4 is 10.2 Å². The maximum absolute atomic E-state index is 12.4. The molecule has 0 bridgehead atoms. The van der Waals surface area contributed by atoms with Crippen molar-refractivity contribution in [3.05, 3.63) is 75.3 Å². The number of amides is 1. The van der Waals surface area contributed by atoms with Crippen LogP contribution in [0.3, 0.4) is 0 Å². The second kappa shape index (κ2) is 8.86. The standard InChI is InChI=1S/C22H24ClN3OS/c1-14-8-7-11-21(15(14)2)26(17(4)27)22-25-18(13-28-22)12-24-16(3)19-9-5-6-10-20(19)23/h5-11,13,16,24H,12H2,1-4H3/t16-/m1/s1. The number of carbonyl (C=O) groups is 1. The monoisotopic (exact) mass is 413 g/mol. The molecule has 0 saturated heterocycles. The van der Waals surface area contributed by atoms with Crippen LogP contribution in [0.15, 0.2) is 47.8 Å². The third-order valence-corrected chi connectivity index (χ3v) is 6.04. The third kappa shape index (κ3) is 4.43. The Morgan fingerprint density at radius 2 is 1.96 bits per heavy atom. The van der Waals surface area contributed by atoms with E-state index in [1.807, 2.05) is 61.7 Å². The Bertz CT molecular complexity index is 985. The second-order valence-electron chi connectivity index (χ2n) is 6.82. The Morgan fingerprint density at radius 3 is 2.68 bits per heavy atom. The molecule has 28 heavy (non-hydrogen) atoms. The summed E-state index contributed by atoms with van der Waals surface area (Å²) in [6.07, 6.45) is 0. The van der Waals surface area contributed by atoms with Gasteiger partial charge in [0.25, 0.3) is 0 Å². The summed E-state index contributed by atoms with van der Waals surface area (Å²) in [6, 6.07) is 13.9. The largest absolute Gasteiger partial charge is 0.304 e. The summed E-state index contributed by atoms with van der Waals surface area (Å²) < 4.78 is 0. The first kappa shape index (κ1) is 20.5. The maximum Gasteiger partial charge on any atom is 0.230 e. The fraction of sp³-hybridized carbons (Fsp3) is 0.273. The van der Waals surface area contributed by atoms with Crippen LogP contribution in [0.1, 0.15) is 42.3 Å². The highest BCUT2D eigenvalue weighted by molar-refractivity contribution is 7.14. The van der Waals surface area contributed by atoms with Gasteiger partial charge in [0.2, 0.25) is 5.91 Å². The summed E-state index contributed by atoms with van der Waals surface area (Å²) in [6.45, 7) is 8.32. The molecule has 1 aromatic heterocycles. The van der Waals surface area contributed by atoms with Gasteiger partial charge in [-0.15, -0.1) is 11.3 Å². The number of thiazole rings is 1. The van der Waals surface area contributed by atoms with E-state index in [0.29, 0.717) is 11.7 Å². The molecule has 4 nitrogen and oxygen atoms in total. The van der Waals surface area contributed by atoms with Crippen molar-refractivity contribution in [2.75, 3.05) is 4.90 Å². The summed E-state index contributed by atoms with van der Waals surface area (Å²) in [4.78, 5) is 18.8. The van der Waals surface area contributed by atoms with Crippen LogP contribution in [-0.2, 0) is 11.3 Å². The van der Waals surface area contributed by atoms with Crippen molar-refractivity contribution in [1.82, 2.24) is 10.3 Å². The molecule has 6 heteroatoms. The summed E-state index contributed by atoms with van der Waals surface area (Å²) in [5, 5.41) is 6.88. The van der Waals surface area contributed by atoms with E-state index in [-0.39, 0.29) is 11.9 Å². The van der Waals surface area contributed by atoms with Crippen molar-refractivity contribution in [3.8, 4) is 0 Å². The highest BCUT2D eigenvalue weighted by Crippen LogP contribution is 2.32. The molecule has 0 aliphatic rings. The van der Waals surface area contributed by atoms with E-state index >= 15 is 0 Å². The number of anilines is 2. The number of aromatic nitrogens is 1. The van der Waals surface area contributed by atoms with E-state index in [1.165, 1.54) is 11.3 Å². The van der Waals surface area contributed by atoms with Crippen LogP contribution in [0.25, 0.3) is 0 Å². The fourth-order valence-electron chi connectivity index (χ4n) is 3.06. The van der Waals surface area contributed by atoms with Gasteiger partial charge in [-0.05, 0) is 49.6 Å². The van der Waals surface area contributed by atoms with Crippen molar-refractivity contribution in [1.29, 1.82) is 0 Å². The minimum Gasteiger partial charge on any atom is -0.304 e. The smallest absolute Gasteiger partial charge is 0.230 e. The molecule has 3 aromatic rings. The van der Waals surface area contributed by atoms with E-state index in [1.54, 1.807) is 11.8 Å². The molecule has 0 unspecified atom stereocenters. The predicted octanol–water partition coefficient (Wildman–Crippen LogP) is 5.95. The Balaban J connectivity index is 1.77. The molecule has 1 amide bonds. The first-order chi connectivity index (χ1) is 13.4. The predicted molar refractivity (Wildman–Crippen MR) is 118 cm³/mol. The van der Waals surface area contributed by atoms with Gasteiger partial charge in [-0.1, -0.05) is 41.9 Å². The molecule has 0 aliphatic carbocycles. The van der Waals surface area contributed by atoms with Crippen molar-refractivity contribution in [2.24, 2.45) is 0 Å². The quantitative estimate of drug-likeness (QED) is 0.543. The average molecular weight is 414 g/mol. The molecule has 0 radical (unpaired) electrons. The van der Waals surface area contributed by atoms with Gasteiger partial charge in [-0.25, -0.2) is 4.98 Å². The number of halogens is 1. The van der Waals surface area contributed by atoms with Crippen LogP contribution in [0.2, 0.25) is 5.02 Å². The molecule has 2 aromatic carbocycles. The normalized spacial score (nSPS) is 12.0. The van der Waals surface area contributed by atoms with E-state index in [0.717, 1.165) is 33.1 Å². The van der Waals surface area contributed by atoms with Gasteiger partial charge in [-0.3, -0.25) is 9.69 Å². The molecule has 1 heterocycles. The summed E-state index contributed by atoms with van der Waals surface area (Å²) >= 11 is 7.75. The Hall–Kier alpha value is -2.21. The lowest BCUT2D eigenvalue weighted by Gasteiger charge is -2.21. The van der Waals surface area contributed by atoms with E-state index in [2.05, 4.69) is 12.2 Å². The van der Waals surface area contributed by atoms with Gasteiger partial charge < -0.3 is 5.32 Å². The molecular formula is C22H24ClN3OS. The molecular weight excluding hydrogens is 390 g/mol. The zero-order chi connectivity index (χ0) is 20.3. The first-order valence-electron chi connectivity index (χ1n) is 9.17. The summed E-state index contributed by atoms with van der Waals surface area (Å²) in [5.74, 6) is -0.0491. The maximum atomic E-state index is 12.4. The molecule has 0 fully saturated rings. The highest BCUT2D eigenvalue weighted by Gasteiger charge is 2.20. The number of hydrogen-bond donors (Lipinski definition) is 1. The minimum absolute atomic E-state index is 0.0491. The lowest BCUT2D eigenvalue weighted by molar-refractivity contribution is -0.115. The highest BCUT2D eigenvalue weighted by atomic mass is 35.5. The third-order valence-electron chi connectivity index (χ3n) is 4.82. The zero-order valence-electron chi connectivity index (χ0n) is 16.5. The molecule has 3 rings (SSSR count). The number of carbonyl (C=O) groups excluding carboxylic acids is 1. The molecule has 146 valence electrons. The van der Waals surface area contributed by atoms with Crippen LogP contribution >= 0.6 is 22.9 Å². The van der Waals surface area contributed by atoms with Gasteiger partial charge in [0.15, 0.2) is 5.13 Å². The van der Waals surface area contributed by atoms with Crippen molar-refractivity contribution >= 4 is 39.7 Å². The van der Waals surface area contributed by atoms with Crippen molar-refractivity contribution in [3.63, 3.8) is 0 Å². The Morgan fingerprint density at radius 1 is 1.21 bits per heavy atom. The van der Waals surface area contributed by atoms with E-state index in [4.69, 9.17) is 16.6 Å². The number of nitrogens with one attached hydrogen (secondary N) is 1. The molecule has 1 atom stereocenters.